The van der Waals surface area contributed by atoms with Gasteiger partial charge in [-0.25, -0.2) is 4.79 Å². The maximum absolute atomic E-state index is 12.0. The van der Waals surface area contributed by atoms with E-state index in [4.69, 9.17) is 5.11 Å². The number of aliphatic hydroxyl groups excluding tert-OH is 1. The fraction of sp³-hybridized carbons (Fsp3) is 0.583. The van der Waals surface area contributed by atoms with Crippen molar-refractivity contribution in [2.24, 2.45) is 13.0 Å². The van der Waals surface area contributed by atoms with Crippen LogP contribution >= 0.6 is 0 Å². The number of aryl methyl sites for hydroxylation is 1. The van der Waals surface area contributed by atoms with Crippen molar-refractivity contribution in [2.75, 3.05) is 18.5 Å². The van der Waals surface area contributed by atoms with Gasteiger partial charge in [-0.15, -0.1) is 0 Å². The Balaban J connectivity index is 2.66. The maximum Gasteiger partial charge on any atom is 0.329 e. The zero-order valence-electron chi connectivity index (χ0n) is 11.8. The smallest absolute Gasteiger partial charge is 0.329 e. The lowest BCUT2D eigenvalue weighted by molar-refractivity contribution is 0.278. The van der Waals surface area contributed by atoms with E-state index in [0.29, 0.717) is 24.1 Å². The second-order valence-electron chi connectivity index (χ2n) is 5.08. The van der Waals surface area contributed by atoms with Gasteiger partial charge in [0.05, 0.1) is 6.61 Å². The largest absolute Gasteiger partial charge is 0.395 e. The highest BCUT2D eigenvalue weighted by atomic mass is 16.3. The van der Waals surface area contributed by atoms with Gasteiger partial charge in [0.15, 0.2) is 11.2 Å². The normalized spacial score (nSPS) is 11.4. The molecular formula is C12H19N5O3. The number of H-pyrrole nitrogens is 1. The van der Waals surface area contributed by atoms with E-state index in [1.165, 1.54) is 4.57 Å². The molecule has 0 aliphatic rings. The summed E-state index contributed by atoms with van der Waals surface area (Å²) in [5.74, 6) is 0.883. The standard InChI is InChI=1S/C12H19N5O3/c1-7(2)6-13-11-14-9-8(17(11)4-5-18)10(19)15-12(20)16(9)3/h7,18H,4-6H2,1-3H3,(H,13,14)(H,15,19,20). The molecule has 20 heavy (non-hydrogen) atoms. The van der Waals surface area contributed by atoms with Crippen LogP contribution in [0.5, 0.6) is 0 Å². The number of aromatic amines is 1. The van der Waals surface area contributed by atoms with Gasteiger partial charge in [0.25, 0.3) is 5.56 Å². The molecule has 2 heterocycles. The zero-order chi connectivity index (χ0) is 14.9. The molecule has 0 atom stereocenters. The van der Waals surface area contributed by atoms with Crippen molar-refractivity contribution >= 4 is 17.1 Å². The molecule has 0 aliphatic heterocycles. The molecule has 0 bridgehead atoms. The van der Waals surface area contributed by atoms with Gasteiger partial charge in [0.1, 0.15) is 0 Å². The van der Waals surface area contributed by atoms with Crippen LogP contribution in [0.4, 0.5) is 5.95 Å². The highest BCUT2D eigenvalue weighted by Crippen LogP contribution is 2.15. The molecule has 0 spiro atoms. The summed E-state index contributed by atoms with van der Waals surface area (Å²) in [6.45, 7) is 4.89. The van der Waals surface area contributed by atoms with Gasteiger partial charge in [-0.2, -0.15) is 4.98 Å². The Bertz CT molecular complexity index is 725. The fourth-order valence-corrected chi connectivity index (χ4v) is 1.98. The van der Waals surface area contributed by atoms with Gasteiger partial charge in [-0.05, 0) is 5.92 Å². The lowest BCUT2D eigenvalue weighted by atomic mass is 10.2. The number of aliphatic hydroxyl groups is 1. The van der Waals surface area contributed by atoms with Crippen LogP contribution in [0.2, 0.25) is 0 Å². The molecule has 2 aromatic rings. The summed E-state index contributed by atoms with van der Waals surface area (Å²) in [5, 5.41) is 12.3. The highest BCUT2D eigenvalue weighted by Gasteiger charge is 2.16. The lowest BCUT2D eigenvalue weighted by Crippen LogP contribution is -2.29. The molecule has 0 saturated heterocycles. The van der Waals surface area contributed by atoms with E-state index in [1.54, 1.807) is 11.6 Å². The summed E-state index contributed by atoms with van der Waals surface area (Å²) >= 11 is 0. The minimum atomic E-state index is -0.508. The number of nitrogens with zero attached hydrogens (tertiary/aromatic N) is 3. The molecule has 8 heteroatoms. The second-order valence-corrected chi connectivity index (χ2v) is 5.08. The third-order valence-corrected chi connectivity index (χ3v) is 3.00. The summed E-state index contributed by atoms with van der Waals surface area (Å²) in [4.78, 5) is 30.1. The molecule has 3 N–H and O–H groups in total. The van der Waals surface area contributed by atoms with Gasteiger partial charge in [-0.3, -0.25) is 14.3 Å². The number of hydrogen-bond donors (Lipinski definition) is 3. The third kappa shape index (κ3) is 2.46. The first-order valence-corrected chi connectivity index (χ1v) is 6.50. The summed E-state index contributed by atoms with van der Waals surface area (Å²) in [5.41, 5.74) is -0.418. The Labute approximate surface area is 115 Å². The zero-order valence-corrected chi connectivity index (χ0v) is 11.8. The number of aromatic nitrogens is 4. The van der Waals surface area contributed by atoms with Gasteiger partial charge in [0, 0.05) is 20.1 Å². The molecule has 0 radical (unpaired) electrons. The molecule has 0 unspecified atom stereocenters. The Morgan fingerprint density at radius 1 is 1.40 bits per heavy atom. The quantitative estimate of drug-likeness (QED) is 0.684. The second kappa shape index (κ2) is 5.49. The molecule has 0 amide bonds. The summed E-state index contributed by atoms with van der Waals surface area (Å²) in [7, 11) is 1.54. The first-order valence-electron chi connectivity index (χ1n) is 6.50. The fourth-order valence-electron chi connectivity index (χ4n) is 1.98. The molecule has 0 aromatic carbocycles. The van der Waals surface area contributed by atoms with Crippen LogP contribution in [0.25, 0.3) is 11.2 Å². The van der Waals surface area contributed by atoms with Crippen LogP contribution in [-0.2, 0) is 13.6 Å². The van der Waals surface area contributed by atoms with Gasteiger partial charge < -0.3 is 15.0 Å². The SMILES string of the molecule is CC(C)CNc1nc2c(c(=O)[nH]c(=O)n2C)n1CCO. The lowest BCUT2D eigenvalue weighted by Gasteiger charge is -2.10. The summed E-state index contributed by atoms with van der Waals surface area (Å²) < 4.78 is 2.88. The Hall–Kier alpha value is -2.09. The summed E-state index contributed by atoms with van der Waals surface area (Å²) in [6.07, 6.45) is 0. The van der Waals surface area contributed by atoms with Crippen molar-refractivity contribution in [3.05, 3.63) is 20.8 Å². The van der Waals surface area contributed by atoms with Crippen LogP contribution in [0.3, 0.4) is 0 Å². The van der Waals surface area contributed by atoms with Crippen LogP contribution in [0, 0.1) is 5.92 Å². The van der Waals surface area contributed by atoms with E-state index in [2.05, 4.69) is 29.1 Å². The predicted molar refractivity (Wildman–Crippen MR) is 76.0 cm³/mol. The predicted octanol–water partition coefficient (Wildman–Crippen LogP) is -0.516. The molecule has 0 fully saturated rings. The number of imidazole rings is 1. The highest BCUT2D eigenvalue weighted by molar-refractivity contribution is 5.74. The van der Waals surface area contributed by atoms with Crippen molar-refractivity contribution in [1.82, 2.24) is 19.1 Å². The number of nitrogens with one attached hydrogen (secondary N) is 2. The Morgan fingerprint density at radius 2 is 2.10 bits per heavy atom. The maximum atomic E-state index is 12.0. The third-order valence-electron chi connectivity index (χ3n) is 3.00. The van der Waals surface area contributed by atoms with Crippen molar-refractivity contribution in [3.8, 4) is 0 Å². The monoisotopic (exact) mass is 281 g/mol. The van der Waals surface area contributed by atoms with Crippen molar-refractivity contribution in [1.29, 1.82) is 0 Å². The van der Waals surface area contributed by atoms with Gasteiger partial charge in [0.2, 0.25) is 5.95 Å². The molecule has 8 nitrogen and oxygen atoms in total. The topological polar surface area (TPSA) is 105 Å². The average molecular weight is 281 g/mol. The number of rotatable bonds is 5. The Kier molecular flexibility index (Phi) is 3.93. The van der Waals surface area contributed by atoms with E-state index >= 15 is 0 Å². The molecule has 110 valence electrons. The van der Waals surface area contributed by atoms with Crippen LogP contribution in [0.1, 0.15) is 13.8 Å². The van der Waals surface area contributed by atoms with E-state index in [9.17, 15) is 9.59 Å². The van der Waals surface area contributed by atoms with Crippen molar-refractivity contribution in [2.45, 2.75) is 20.4 Å². The van der Waals surface area contributed by atoms with Crippen LogP contribution in [-0.4, -0.2) is 37.4 Å². The first kappa shape index (κ1) is 14.3. The minimum absolute atomic E-state index is 0.121. The molecular weight excluding hydrogens is 262 g/mol. The summed E-state index contributed by atoms with van der Waals surface area (Å²) in [6, 6.07) is 0. The van der Waals surface area contributed by atoms with Crippen molar-refractivity contribution in [3.63, 3.8) is 0 Å². The van der Waals surface area contributed by atoms with E-state index < -0.39 is 11.2 Å². The van der Waals surface area contributed by atoms with E-state index in [-0.39, 0.29) is 18.7 Å². The molecule has 2 aromatic heterocycles. The first-order chi connectivity index (χ1) is 9.45. The minimum Gasteiger partial charge on any atom is -0.395 e. The van der Waals surface area contributed by atoms with Crippen LogP contribution < -0.4 is 16.6 Å². The number of anilines is 1. The van der Waals surface area contributed by atoms with Gasteiger partial charge in [-0.1, -0.05) is 13.8 Å². The van der Waals surface area contributed by atoms with E-state index in [1.807, 2.05) is 0 Å². The molecule has 0 aliphatic carbocycles. The van der Waals surface area contributed by atoms with Gasteiger partial charge >= 0.3 is 5.69 Å². The molecule has 2 rings (SSSR count). The number of fused-ring (bicyclic) bond motifs is 1. The van der Waals surface area contributed by atoms with E-state index in [0.717, 1.165) is 0 Å². The number of hydrogen-bond acceptors (Lipinski definition) is 5. The van der Waals surface area contributed by atoms with Crippen molar-refractivity contribution < 1.29 is 5.11 Å². The molecule has 0 saturated carbocycles. The average Bonchev–Trinajstić information content (AvgIpc) is 2.74. The van der Waals surface area contributed by atoms with Crippen LogP contribution in [0.15, 0.2) is 9.59 Å². The Morgan fingerprint density at radius 3 is 2.70 bits per heavy atom.